The predicted octanol–water partition coefficient (Wildman–Crippen LogP) is 2.03. The summed E-state index contributed by atoms with van der Waals surface area (Å²) in [7, 11) is 0. The summed E-state index contributed by atoms with van der Waals surface area (Å²) in [5.41, 5.74) is 0.768. The van der Waals surface area contributed by atoms with E-state index in [9.17, 15) is 14.4 Å². The number of carbonyl (C=O) groups excluding carboxylic acids is 3. The molecule has 2 atom stereocenters. The van der Waals surface area contributed by atoms with Crippen molar-refractivity contribution in [2.45, 2.75) is 39.7 Å². The maximum Gasteiger partial charge on any atom is 0.338 e. The zero-order chi connectivity index (χ0) is 21.7. The van der Waals surface area contributed by atoms with E-state index in [4.69, 9.17) is 13.9 Å². The van der Waals surface area contributed by atoms with Crippen molar-refractivity contribution >= 4 is 18.0 Å². The van der Waals surface area contributed by atoms with Crippen molar-refractivity contribution < 1.29 is 28.3 Å². The molecule has 0 saturated carbocycles. The topological polar surface area (TPSA) is 110 Å². The minimum absolute atomic E-state index is 0.208. The number of carbonyl (C=O) groups is 3. The molecule has 1 saturated heterocycles. The van der Waals surface area contributed by atoms with Crippen LogP contribution in [0.1, 0.15) is 44.3 Å². The Bertz CT molecular complexity index is 830. The normalized spacial score (nSPS) is 22.3. The van der Waals surface area contributed by atoms with Gasteiger partial charge in [0.05, 0.1) is 24.7 Å². The van der Waals surface area contributed by atoms with Crippen LogP contribution in [0.15, 0.2) is 27.8 Å². The fourth-order valence-electron chi connectivity index (χ4n) is 3.89. The lowest BCUT2D eigenvalue weighted by Gasteiger charge is -2.34. The molecular formula is C21H29N3O6. The Morgan fingerprint density at radius 2 is 2.00 bits per heavy atom. The number of piperidine rings is 1. The number of likely N-dealkylation sites (tertiary alicyclic amines) is 1. The highest BCUT2D eigenvalue weighted by Crippen LogP contribution is 2.30. The van der Waals surface area contributed by atoms with E-state index in [1.54, 1.807) is 32.9 Å². The van der Waals surface area contributed by atoms with Gasteiger partial charge in [-0.15, -0.1) is 0 Å². The maximum absolute atomic E-state index is 12.8. The molecule has 0 spiro atoms. The van der Waals surface area contributed by atoms with Gasteiger partial charge in [0, 0.05) is 18.8 Å². The number of rotatable bonds is 7. The second kappa shape index (κ2) is 9.80. The van der Waals surface area contributed by atoms with Crippen LogP contribution in [0.2, 0.25) is 0 Å². The van der Waals surface area contributed by atoms with Crippen LogP contribution in [0, 0.1) is 12.8 Å². The lowest BCUT2D eigenvalue weighted by Crippen LogP contribution is -2.49. The van der Waals surface area contributed by atoms with Crippen LogP contribution in [0.25, 0.3) is 0 Å². The van der Waals surface area contributed by atoms with Gasteiger partial charge in [-0.1, -0.05) is 0 Å². The van der Waals surface area contributed by atoms with Gasteiger partial charge >= 0.3 is 18.0 Å². The highest BCUT2D eigenvalue weighted by Gasteiger charge is 2.37. The summed E-state index contributed by atoms with van der Waals surface area (Å²) in [5, 5.41) is 5.51. The fourth-order valence-corrected chi connectivity index (χ4v) is 3.89. The van der Waals surface area contributed by atoms with Crippen molar-refractivity contribution in [1.82, 2.24) is 15.5 Å². The molecule has 2 aliphatic rings. The average Bonchev–Trinajstić information content (AvgIpc) is 3.14. The summed E-state index contributed by atoms with van der Waals surface area (Å²) in [6, 6.07) is 2.35. The first-order chi connectivity index (χ1) is 14.4. The molecular weight excluding hydrogens is 390 g/mol. The Morgan fingerprint density at radius 3 is 2.67 bits per heavy atom. The molecule has 9 nitrogen and oxygen atoms in total. The maximum atomic E-state index is 12.8. The lowest BCUT2D eigenvalue weighted by atomic mass is 9.96. The van der Waals surface area contributed by atoms with Gasteiger partial charge in [-0.2, -0.15) is 0 Å². The van der Waals surface area contributed by atoms with E-state index in [1.165, 1.54) is 0 Å². The minimum Gasteiger partial charge on any atom is -0.466 e. The number of esters is 2. The minimum atomic E-state index is -0.743. The first kappa shape index (κ1) is 21.9. The number of hydrogen-bond acceptors (Lipinski definition) is 7. The van der Waals surface area contributed by atoms with Crippen molar-refractivity contribution in [3.05, 3.63) is 34.9 Å². The van der Waals surface area contributed by atoms with Crippen LogP contribution in [-0.4, -0.2) is 55.7 Å². The monoisotopic (exact) mass is 419 g/mol. The zero-order valence-corrected chi connectivity index (χ0v) is 17.7. The number of hydrogen-bond donors (Lipinski definition) is 2. The molecule has 3 heterocycles. The molecule has 2 aliphatic heterocycles. The number of amides is 2. The molecule has 0 bridgehead atoms. The Labute approximate surface area is 175 Å². The molecule has 9 heteroatoms. The van der Waals surface area contributed by atoms with Crippen LogP contribution in [0.5, 0.6) is 0 Å². The van der Waals surface area contributed by atoms with E-state index in [0.29, 0.717) is 42.5 Å². The highest BCUT2D eigenvalue weighted by molar-refractivity contribution is 5.95. The molecule has 0 aromatic carbocycles. The van der Waals surface area contributed by atoms with Crippen LogP contribution in [-0.2, 0) is 19.1 Å². The van der Waals surface area contributed by atoms with E-state index < -0.39 is 18.0 Å². The zero-order valence-electron chi connectivity index (χ0n) is 17.7. The van der Waals surface area contributed by atoms with Crippen molar-refractivity contribution in [2.24, 2.45) is 5.92 Å². The highest BCUT2D eigenvalue weighted by atomic mass is 16.5. The first-order valence-corrected chi connectivity index (χ1v) is 10.4. The van der Waals surface area contributed by atoms with Crippen LogP contribution >= 0.6 is 0 Å². The van der Waals surface area contributed by atoms with Crippen molar-refractivity contribution in [1.29, 1.82) is 0 Å². The number of aryl methyl sites for hydroxylation is 1. The number of nitrogens with one attached hydrogen (secondary N) is 2. The largest absolute Gasteiger partial charge is 0.466 e. The molecule has 1 aromatic heterocycles. The number of furan rings is 1. The molecule has 1 aromatic rings. The number of nitrogens with zero attached hydrogens (tertiary/aromatic N) is 1. The summed E-state index contributed by atoms with van der Waals surface area (Å²) in [4.78, 5) is 39.4. The molecule has 2 N–H and O–H groups in total. The fraction of sp³-hybridized carbons (Fsp3) is 0.571. The first-order valence-electron chi connectivity index (χ1n) is 10.4. The summed E-state index contributed by atoms with van der Waals surface area (Å²) in [5.74, 6) is 0.200. The van der Waals surface area contributed by atoms with Gasteiger partial charge in [-0.05, 0) is 52.3 Å². The SMILES string of the molecule is CCOC(=O)C1=C(CN2CCCC(C(=O)OCC)C2)NC(=O)NC1c1ccc(C)o1. The molecule has 3 rings (SSSR count). The number of ether oxygens (including phenoxy) is 2. The Hall–Kier alpha value is -2.81. The van der Waals surface area contributed by atoms with Crippen LogP contribution < -0.4 is 10.6 Å². The number of urea groups is 1. The molecule has 2 unspecified atom stereocenters. The van der Waals surface area contributed by atoms with Gasteiger partial charge in [0.2, 0.25) is 0 Å². The second-order valence-electron chi connectivity index (χ2n) is 7.42. The Kier molecular flexibility index (Phi) is 7.15. The van der Waals surface area contributed by atoms with Gasteiger partial charge in [-0.3, -0.25) is 9.69 Å². The van der Waals surface area contributed by atoms with Crippen LogP contribution in [0.4, 0.5) is 4.79 Å². The summed E-state index contributed by atoms with van der Waals surface area (Å²) in [6.45, 7) is 7.44. The molecule has 2 amide bonds. The van der Waals surface area contributed by atoms with E-state index in [2.05, 4.69) is 15.5 Å². The molecule has 0 radical (unpaired) electrons. The predicted molar refractivity (Wildman–Crippen MR) is 107 cm³/mol. The third-order valence-corrected chi connectivity index (χ3v) is 5.20. The van der Waals surface area contributed by atoms with Gasteiger partial charge in [-0.25, -0.2) is 9.59 Å². The van der Waals surface area contributed by atoms with Gasteiger partial charge in [0.1, 0.15) is 17.6 Å². The van der Waals surface area contributed by atoms with Crippen molar-refractivity contribution in [3.63, 3.8) is 0 Å². The summed E-state index contributed by atoms with van der Waals surface area (Å²) < 4.78 is 16.1. The van der Waals surface area contributed by atoms with Gasteiger partial charge in [0.15, 0.2) is 0 Å². The van der Waals surface area contributed by atoms with E-state index in [1.807, 2.05) is 0 Å². The molecule has 30 heavy (non-hydrogen) atoms. The lowest BCUT2D eigenvalue weighted by molar-refractivity contribution is -0.150. The average molecular weight is 419 g/mol. The van der Waals surface area contributed by atoms with E-state index >= 15 is 0 Å². The molecule has 164 valence electrons. The standard InChI is InChI=1S/C21H29N3O6/c1-4-28-19(25)14-7-6-10-24(11-14)12-15-17(20(26)29-5-2)18(23-21(27)22-15)16-9-8-13(3)30-16/h8-9,14,18H,4-7,10-12H2,1-3H3,(H2,22,23,27). The Balaban J connectivity index is 1.88. The smallest absolute Gasteiger partial charge is 0.338 e. The third-order valence-electron chi connectivity index (χ3n) is 5.20. The Morgan fingerprint density at radius 1 is 1.23 bits per heavy atom. The van der Waals surface area contributed by atoms with Crippen molar-refractivity contribution in [2.75, 3.05) is 32.8 Å². The summed E-state index contributed by atoms with van der Waals surface area (Å²) >= 11 is 0. The summed E-state index contributed by atoms with van der Waals surface area (Å²) in [6.07, 6.45) is 1.60. The quantitative estimate of drug-likeness (QED) is 0.651. The molecule has 1 fully saturated rings. The van der Waals surface area contributed by atoms with E-state index in [0.717, 1.165) is 19.4 Å². The third kappa shape index (κ3) is 5.02. The van der Waals surface area contributed by atoms with Crippen LogP contribution in [0.3, 0.4) is 0 Å². The van der Waals surface area contributed by atoms with Crippen molar-refractivity contribution in [3.8, 4) is 0 Å². The second-order valence-corrected chi connectivity index (χ2v) is 7.42. The van der Waals surface area contributed by atoms with Gasteiger partial charge in [0.25, 0.3) is 0 Å². The van der Waals surface area contributed by atoms with Gasteiger partial charge < -0.3 is 24.5 Å². The van der Waals surface area contributed by atoms with E-state index in [-0.39, 0.29) is 18.5 Å². The molecule has 0 aliphatic carbocycles.